The van der Waals surface area contributed by atoms with E-state index in [9.17, 15) is 4.79 Å². The lowest BCUT2D eigenvalue weighted by Crippen LogP contribution is -2.34. The summed E-state index contributed by atoms with van der Waals surface area (Å²) in [5.74, 6) is 0.438. The van der Waals surface area contributed by atoms with Gasteiger partial charge in [-0.2, -0.15) is 0 Å². The van der Waals surface area contributed by atoms with Gasteiger partial charge in [-0.15, -0.1) is 0 Å². The van der Waals surface area contributed by atoms with Crippen LogP contribution in [0.3, 0.4) is 0 Å². The molecule has 0 fully saturated rings. The van der Waals surface area contributed by atoms with Crippen molar-refractivity contribution in [1.82, 2.24) is 4.90 Å². The smallest absolute Gasteiger partial charge is 0.321 e. The van der Waals surface area contributed by atoms with Crippen LogP contribution in [0.5, 0.6) is 5.75 Å². The number of nitrogens with zero attached hydrogens (tertiary/aromatic N) is 1. The van der Waals surface area contributed by atoms with Crippen LogP contribution in [0.1, 0.15) is 19.4 Å². The lowest BCUT2D eigenvalue weighted by atomic mass is 10.1. The Morgan fingerprint density at radius 3 is 2.53 bits per heavy atom. The number of anilines is 1. The maximum absolute atomic E-state index is 12.0. The first kappa shape index (κ1) is 14.8. The number of hydrogen-bond donors (Lipinski definition) is 3. The normalized spacial score (nSPS) is 9.84. The Kier molecular flexibility index (Phi) is 5.17. The molecule has 0 heterocycles. The van der Waals surface area contributed by atoms with Crippen LogP contribution < -0.4 is 15.8 Å². The van der Waals surface area contributed by atoms with E-state index in [1.165, 1.54) is 7.11 Å². The van der Waals surface area contributed by atoms with E-state index >= 15 is 0 Å². The Morgan fingerprint density at radius 1 is 1.42 bits per heavy atom. The van der Waals surface area contributed by atoms with Crippen LogP contribution in [0.2, 0.25) is 0 Å². The van der Waals surface area contributed by atoms with Gasteiger partial charge in [-0.3, -0.25) is 5.41 Å². The number of ether oxygens (including phenoxy) is 1. The second-order valence-corrected chi connectivity index (χ2v) is 3.93. The Bertz CT molecular complexity index is 470. The molecule has 4 N–H and O–H groups in total. The number of amides is 2. The van der Waals surface area contributed by atoms with Crippen molar-refractivity contribution in [2.45, 2.75) is 13.8 Å². The molecule has 1 aromatic carbocycles. The first-order valence-electron chi connectivity index (χ1n) is 6.11. The molecular weight excluding hydrogens is 244 g/mol. The summed E-state index contributed by atoms with van der Waals surface area (Å²) < 4.78 is 5.20. The lowest BCUT2D eigenvalue weighted by molar-refractivity contribution is 0.217. The zero-order valence-electron chi connectivity index (χ0n) is 11.5. The van der Waals surface area contributed by atoms with Crippen molar-refractivity contribution in [3.05, 3.63) is 23.8 Å². The molecule has 0 aliphatic carbocycles. The fourth-order valence-corrected chi connectivity index (χ4v) is 1.67. The van der Waals surface area contributed by atoms with Gasteiger partial charge in [0.15, 0.2) is 0 Å². The Labute approximate surface area is 113 Å². The summed E-state index contributed by atoms with van der Waals surface area (Å²) in [5.41, 5.74) is 6.53. The fraction of sp³-hybridized carbons (Fsp3) is 0.385. The first-order chi connectivity index (χ1) is 9.03. The van der Waals surface area contributed by atoms with E-state index in [2.05, 4.69) is 5.32 Å². The topological polar surface area (TPSA) is 91.4 Å². The average molecular weight is 264 g/mol. The van der Waals surface area contributed by atoms with Gasteiger partial charge in [-0.25, -0.2) is 4.79 Å². The van der Waals surface area contributed by atoms with Gasteiger partial charge in [0.2, 0.25) is 0 Å². The molecule has 0 radical (unpaired) electrons. The monoisotopic (exact) mass is 264 g/mol. The number of urea groups is 1. The zero-order valence-corrected chi connectivity index (χ0v) is 11.5. The maximum atomic E-state index is 12.0. The van der Waals surface area contributed by atoms with E-state index in [4.69, 9.17) is 15.9 Å². The highest BCUT2D eigenvalue weighted by molar-refractivity contribution is 5.97. The SMILES string of the molecule is CCN(CC)C(=O)Nc1ccc(C(=N)N)cc1OC. The number of nitrogen functional groups attached to an aromatic ring is 1. The van der Waals surface area contributed by atoms with Gasteiger partial charge in [-0.05, 0) is 32.0 Å². The molecule has 0 aromatic heterocycles. The van der Waals surface area contributed by atoms with E-state index in [0.29, 0.717) is 30.1 Å². The number of rotatable bonds is 5. The summed E-state index contributed by atoms with van der Waals surface area (Å²) in [6.07, 6.45) is 0. The van der Waals surface area contributed by atoms with E-state index < -0.39 is 0 Å². The van der Waals surface area contributed by atoms with Crippen molar-refractivity contribution in [2.24, 2.45) is 5.73 Å². The van der Waals surface area contributed by atoms with Gasteiger partial charge in [0, 0.05) is 18.7 Å². The molecule has 104 valence electrons. The highest BCUT2D eigenvalue weighted by Gasteiger charge is 2.13. The predicted molar refractivity (Wildman–Crippen MR) is 75.9 cm³/mol. The largest absolute Gasteiger partial charge is 0.495 e. The van der Waals surface area contributed by atoms with Crippen LogP contribution in [-0.4, -0.2) is 37.0 Å². The van der Waals surface area contributed by atoms with Crippen LogP contribution in [0.4, 0.5) is 10.5 Å². The minimum atomic E-state index is -0.182. The van der Waals surface area contributed by atoms with Crippen LogP contribution in [0, 0.1) is 5.41 Å². The number of benzene rings is 1. The molecule has 0 aliphatic heterocycles. The number of hydrogen-bond acceptors (Lipinski definition) is 3. The van der Waals surface area contributed by atoms with Gasteiger partial charge >= 0.3 is 6.03 Å². The van der Waals surface area contributed by atoms with E-state index in [0.717, 1.165) is 0 Å². The molecule has 0 saturated heterocycles. The summed E-state index contributed by atoms with van der Waals surface area (Å²) in [7, 11) is 1.51. The first-order valence-corrected chi connectivity index (χ1v) is 6.11. The second kappa shape index (κ2) is 6.63. The van der Waals surface area contributed by atoms with Gasteiger partial charge in [0.05, 0.1) is 12.8 Å². The number of methoxy groups -OCH3 is 1. The summed E-state index contributed by atoms with van der Waals surface area (Å²) in [6.45, 7) is 5.10. The van der Waals surface area contributed by atoms with Gasteiger partial charge in [0.1, 0.15) is 11.6 Å². The zero-order chi connectivity index (χ0) is 14.4. The lowest BCUT2D eigenvalue weighted by Gasteiger charge is -2.20. The molecule has 0 atom stereocenters. The quantitative estimate of drug-likeness (QED) is 0.560. The third-order valence-corrected chi connectivity index (χ3v) is 2.80. The number of nitrogens with one attached hydrogen (secondary N) is 2. The number of carbonyl (C=O) groups is 1. The van der Waals surface area contributed by atoms with Crippen molar-refractivity contribution in [3.8, 4) is 5.75 Å². The molecule has 0 saturated carbocycles. The molecule has 19 heavy (non-hydrogen) atoms. The molecule has 0 aliphatic rings. The maximum Gasteiger partial charge on any atom is 0.321 e. The Hall–Kier alpha value is -2.24. The third kappa shape index (κ3) is 3.61. The highest BCUT2D eigenvalue weighted by Crippen LogP contribution is 2.25. The number of carbonyl (C=O) groups excluding carboxylic acids is 1. The van der Waals surface area contributed by atoms with Crippen LogP contribution in [-0.2, 0) is 0 Å². The molecule has 6 heteroatoms. The van der Waals surface area contributed by atoms with E-state index in [-0.39, 0.29) is 11.9 Å². The van der Waals surface area contributed by atoms with Crippen LogP contribution in [0.15, 0.2) is 18.2 Å². The molecule has 1 rings (SSSR count). The Morgan fingerprint density at radius 2 is 2.05 bits per heavy atom. The summed E-state index contributed by atoms with van der Waals surface area (Å²) in [6, 6.07) is 4.79. The summed E-state index contributed by atoms with van der Waals surface area (Å²) >= 11 is 0. The standard InChI is InChI=1S/C13H20N4O2/c1-4-17(5-2)13(18)16-10-7-6-9(12(14)15)8-11(10)19-3/h6-8H,4-5H2,1-3H3,(H3,14,15)(H,16,18). The van der Waals surface area contributed by atoms with Gasteiger partial charge in [-0.1, -0.05) is 0 Å². The van der Waals surface area contributed by atoms with Crippen molar-refractivity contribution < 1.29 is 9.53 Å². The molecule has 2 amide bonds. The second-order valence-electron chi connectivity index (χ2n) is 3.93. The molecule has 0 spiro atoms. The molecule has 0 unspecified atom stereocenters. The van der Waals surface area contributed by atoms with Gasteiger partial charge in [0.25, 0.3) is 0 Å². The fourth-order valence-electron chi connectivity index (χ4n) is 1.67. The average Bonchev–Trinajstić information content (AvgIpc) is 2.40. The number of amidine groups is 1. The molecular formula is C13H20N4O2. The van der Waals surface area contributed by atoms with Crippen molar-refractivity contribution in [1.29, 1.82) is 5.41 Å². The molecule has 0 bridgehead atoms. The molecule has 1 aromatic rings. The third-order valence-electron chi connectivity index (χ3n) is 2.80. The van der Waals surface area contributed by atoms with E-state index in [1.807, 2.05) is 13.8 Å². The van der Waals surface area contributed by atoms with Crippen molar-refractivity contribution in [3.63, 3.8) is 0 Å². The highest BCUT2D eigenvalue weighted by atomic mass is 16.5. The molecule has 6 nitrogen and oxygen atoms in total. The summed E-state index contributed by atoms with van der Waals surface area (Å²) in [5, 5.41) is 10.2. The Balaban J connectivity index is 2.95. The van der Waals surface area contributed by atoms with E-state index in [1.54, 1.807) is 23.1 Å². The van der Waals surface area contributed by atoms with Crippen LogP contribution in [0.25, 0.3) is 0 Å². The minimum Gasteiger partial charge on any atom is -0.495 e. The minimum absolute atomic E-state index is 0.0417. The van der Waals surface area contributed by atoms with Crippen molar-refractivity contribution >= 4 is 17.6 Å². The van der Waals surface area contributed by atoms with Gasteiger partial charge < -0.3 is 20.7 Å². The van der Waals surface area contributed by atoms with Crippen LogP contribution >= 0.6 is 0 Å². The predicted octanol–water partition coefficient (Wildman–Crippen LogP) is 1.85. The number of nitrogens with two attached hydrogens (primary N) is 1. The summed E-state index contributed by atoms with van der Waals surface area (Å²) in [4.78, 5) is 13.6. The van der Waals surface area contributed by atoms with Crippen molar-refractivity contribution in [2.75, 3.05) is 25.5 Å².